The summed E-state index contributed by atoms with van der Waals surface area (Å²) in [6, 6.07) is 9.12. The number of amides is 2. The highest BCUT2D eigenvalue weighted by atomic mass is 16.5. The normalized spacial score (nSPS) is 14.7. The number of aromatic nitrogens is 2. The summed E-state index contributed by atoms with van der Waals surface area (Å²) in [5, 5.41) is 9.30. The Bertz CT molecular complexity index is 1400. The zero-order valence-electron chi connectivity index (χ0n) is 21.5. The molecule has 0 spiro atoms. The SMILES string of the molecule is CCC(=O)N1CCN(c2ccc(NC(=O)c3c(Nc4cnc5c(c4C)NCCO5)cc[nH]c3=O)cc2)CC1. The van der Waals surface area contributed by atoms with Crippen molar-refractivity contribution in [1.29, 1.82) is 0 Å². The van der Waals surface area contributed by atoms with Crippen LogP contribution in [0.2, 0.25) is 0 Å². The highest BCUT2D eigenvalue weighted by Gasteiger charge is 2.22. The summed E-state index contributed by atoms with van der Waals surface area (Å²) in [6.45, 7) is 7.91. The summed E-state index contributed by atoms with van der Waals surface area (Å²) < 4.78 is 5.58. The van der Waals surface area contributed by atoms with Crippen LogP contribution in [0.25, 0.3) is 0 Å². The van der Waals surface area contributed by atoms with E-state index in [2.05, 4.69) is 30.8 Å². The standard InChI is InChI=1S/C27H31N7O4/c1-3-22(35)34-13-11-33(12-14-34)19-6-4-18(5-7-19)31-26(37)23-20(8-9-29-25(23)36)32-21-16-30-27-24(17(21)2)28-10-15-38-27/h4-9,16,28H,3,10-15H2,1-2H3,(H,31,37)(H2,29,32,36). The molecule has 2 aliphatic rings. The number of benzene rings is 1. The average Bonchev–Trinajstić information content (AvgIpc) is 2.95. The lowest BCUT2D eigenvalue weighted by molar-refractivity contribution is -0.131. The maximum absolute atomic E-state index is 13.2. The van der Waals surface area contributed by atoms with Crippen LogP contribution in [0.1, 0.15) is 29.3 Å². The molecule has 198 valence electrons. The van der Waals surface area contributed by atoms with Crippen LogP contribution < -0.4 is 31.1 Å². The van der Waals surface area contributed by atoms with Gasteiger partial charge < -0.3 is 35.5 Å². The first-order valence-electron chi connectivity index (χ1n) is 12.7. The number of anilines is 5. The molecule has 11 heteroatoms. The molecule has 4 N–H and O–H groups in total. The Balaban J connectivity index is 1.29. The molecule has 5 rings (SSSR count). The van der Waals surface area contributed by atoms with Gasteiger partial charge in [-0.05, 0) is 37.3 Å². The number of pyridine rings is 2. The van der Waals surface area contributed by atoms with E-state index >= 15 is 0 Å². The fourth-order valence-corrected chi connectivity index (χ4v) is 4.69. The van der Waals surface area contributed by atoms with Crippen molar-refractivity contribution in [2.45, 2.75) is 20.3 Å². The van der Waals surface area contributed by atoms with Gasteiger partial charge in [0.05, 0.1) is 17.6 Å². The fourth-order valence-electron chi connectivity index (χ4n) is 4.69. The number of ether oxygens (including phenoxy) is 1. The molecule has 2 aliphatic heterocycles. The van der Waals surface area contributed by atoms with Crippen molar-refractivity contribution in [2.24, 2.45) is 0 Å². The van der Waals surface area contributed by atoms with Gasteiger partial charge in [-0.15, -0.1) is 0 Å². The Morgan fingerprint density at radius 3 is 2.58 bits per heavy atom. The Labute approximate surface area is 220 Å². The number of fused-ring (bicyclic) bond motifs is 1. The summed E-state index contributed by atoms with van der Waals surface area (Å²) in [5.41, 5.74) is 3.73. The average molecular weight is 518 g/mol. The minimum absolute atomic E-state index is 0.0328. The molecule has 2 amide bonds. The summed E-state index contributed by atoms with van der Waals surface area (Å²) >= 11 is 0. The van der Waals surface area contributed by atoms with E-state index in [-0.39, 0.29) is 11.5 Å². The number of aromatic amines is 1. The molecule has 4 heterocycles. The third-order valence-electron chi connectivity index (χ3n) is 6.83. The molecule has 0 radical (unpaired) electrons. The largest absolute Gasteiger partial charge is 0.474 e. The number of carbonyl (C=O) groups excluding carboxylic acids is 2. The second-order valence-electron chi connectivity index (χ2n) is 9.20. The molecule has 1 aromatic carbocycles. The maximum atomic E-state index is 13.2. The van der Waals surface area contributed by atoms with E-state index < -0.39 is 11.5 Å². The minimum atomic E-state index is -0.529. The molecular weight excluding hydrogens is 486 g/mol. The van der Waals surface area contributed by atoms with Crippen LogP contribution >= 0.6 is 0 Å². The van der Waals surface area contributed by atoms with Crippen LogP contribution in [0.5, 0.6) is 5.88 Å². The van der Waals surface area contributed by atoms with Crippen molar-refractivity contribution in [3.8, 4) is 5.88 Å². The highest BCUT2D eigenvalue weighted by Crippen LogP contribution is 2.34. The zero-order valence-corrected chi connectivity index (χ0v) is 21.5. The van der Waals surface area contributed by atoms with E-state index in [0.29, 0.717) is 55.6 Å². The molecule has 0 saturated carbocycles. The number of hydrogen-bond donors (Lipinski definition) is 4. The highest BCUT2D eigenvalue weighted by molar-refractivity contribution is 6.08. The molecular formula is C27H31N7O4. The van der Waals surface area contributed by atoms with Gasteiger partial charge in [0.1, 0.15) is 17.9 Å². The van der Waals surface area contributed by atoms with Gasteiger partial charge >= 0.3 is 0 Å². The summed E-state index contributed by atoms with van der Waals surface area (Å²) in [5.74, 6) is 0.179. The Kier molecular flexibility index (Phi) is 7.16. The van der Waals surface area contributed by atoms with Crippen LogP contribution in [0.3, 0.4) is 0 Å². The van der Waals surface area contributed by atoms with Gasteiger partial charge in [0, 0.05) is 62.3 Å². The molecule has 11 nitrogen and oxygen atoms in total. The van der Waals surface area contributed by atoms with E-state index in [9.17, 15) is 14.4 Å². The first-order valence-corrected chi connectivity index (χ1v) is 12.7. The van der Waals surface area contributed by atoms with Gasteiger partial charge in [-0.3, -0.25) is 14.4 Å². The molecule has 0 unspecified atom stereocenters. The predicted molar refractivity (Wildman–Crippen MR) is 147 cm³/mol. The van der Waals surface area contributed by atoms with Crippen LogP contribution in [-0.4, -0.2) is 66.0 Å². The lowest BCUT2D eigenvalue weighted by Gasteiger charge is -2.36. The minimum Gasteiger partial charge on any atom is -0.474 e. The van der Waals surface area contributed by atoms with Crippen molar-refractivity contribution in [1.82, 2.24) is 14.9 Å². The van der Waals surface area contributed by atoms with E-state index in [1.165, 1.54) is 6.20 Å². The van der Waals surface area contributed by atoms with Gasteiger partial charge in [0.25, 0.3) is 11.5 Å². The molecule has 0 bridgehead atoms. The van der Waals surface area contributed by atoms with Crippen LogP contribution in [-0.2, 0) is 4.79 Å². The van der Waals surface area contributed by atoms with Gasteiger partial charge in [-0.1, -0.05) is 6.92 Å². The number of nitrogens with zero attached hydrogens (tertiary/aromatic N) is 3. The third-order valence-corrected chi connectivity index (χ3v) is 6.83. The lowest BCUT2D eigenvalue weighted by Crippen LogP contribution is -2.48. The third kappa shape index (κ3) is 5.13. The van der Waals surface area contributed by atoms with Crippen LogP contribution in [0.15, 0.2) is 47.5 Å². The quantitative estimate of drug-likeness (QED) is 0.393. The van der Waals surface area contributed by atoms with E-state index in [1.54, 1.807) is 12.3 Å². The van der Waals surface area contributed by atoms with Crippen molar-refractivity contribution in [3.05, 3.63) is 64.2 Å². The van der Waals surface area contributed by atoms with Gasteiger partial charge in [0.15, 0.2) is 0 Å². The molecule has 3 aromatic rings. The lowest BCUT2D eigenvalue weighted by atomic mass is 10.1. The smallest absolute Gasteiger partial charge is 0.263 e. The van der Waals surface area contributed by atoms with Crippen molar-refractivity contribution in [2.75, 3.05) is 60.2 Å². The topological polar surface area (TPSA) is 132 Å². The van der Waals surface area contributed by atoms with Crippen LogP contribution in [0, 0.1) is 6.92 Å². The van der Waals surface area contributed by atoms with Crippen molar-refractivity contribution in [3.63, 3.8) is 0 Å². The predicted octanol–water partition coefficient (Wildman–Crippen LogP) is 2.94. The molecule has 1 fully saturated rings. The monoisotopic (exact) mass is 517 g/mol. The first kappa shape index (κ1) is 25.1. The van der Waals surface area contributed by atoms with E-state index in [1.807, 2.05) is 43.0 Å². The number of carbonyl (C=O) groups is 2. The fraction of sp³-hybridized carbons (Fsp3) is 0.333. The number of nitrogens with one attached hydrogen (secondary N) is 4. The molecule has 38 heavy (non-hydrogen) atoms. The number of H-pyrrole nitrogens is 1. The molecule has 0 aliphatic carbocycles. The number of rotatable bonds is 6. The Hall–Kier alpha value is -4.54. The van der Waals surface area contributed by atoms with Gasteiger partial charge in [-0.2, -0.15) is 0 Å². The van der Waals surface area contributed by atoms with Gasteiger partial charge in [-0.25, -0.2) is 4.98 Å². The second kappa shape index (κ2) is 10.8. The van der Waals surface area contributed by atoms with Crippen molar-refractivity contribution >= 4 is 40.3 Å². The first-order chi connectivity index (χ1) is 18.4. The zero-order chi connectivity index (χ0) is 26.6. The number of hydrogen-bond acceptors (Lipinski definition) is 8. The molecule has 0 atom stereocenters. The Morgan fingerprint density at radius 1 is 1.08 bits per heavy atom. The van der Waals surface area contributed by atoms with Gasteiger partial charge in [0.2, 0.25) is 11.8 Å². The summed E-state index contributed by atoms with van der Waals surface area (Å²) in [6.07, 6.45) is 3.64. The molecule has 2 aromatic heterocycles. The van der Waals surface area contributed by atoms with Crippen molar-refractivity contribution < 1.29 is 14.3 Å². The molecule has 1 saturated heterocycles. The van der Waals surface area contributed by atoms with Crippen LogP contribution in [0.4, 0.5) is 28.4 Å². The van der Waals surface area contributed by atoms with E-state index in [4.69, 9.17) is 4.74 Å². The number of piperazine rings is 1. The van der Waals surface area contributed by atoms with E-state index in [0.717, 1.165) is 30.0 Å². The second-order valence-corrected chi connectivity index (χ2v) is 9.20. The maximum Gasteiger partial charge on any atom is 0.263 e. The summed E-state index contributed by atoms with van der Waals surface area (Å²) in [4.78, 5) is 48.9. The summed E-state index contributed by atoms with van der Waals surface area (Å²) in [7, 11) is 0. The Morgan fingerprint density at radius 2 is 1.84 bits per heavy atom.